The molecule has 1 saturated heterocycles. The molecule has 20 heavy (non-hydrogen) atoms. The Morgan fingerprint density at radius 3 is 3.05 bits per heavy atom. The molecule has 110 valence electrons. The molecule has 0 unspecified atom stereocenters. The van der Waals surface area contributed by atoms with Gasteiger partial charge in [0, 0.05) is 12.1 Å². The molecule has 6 nitrogen and oxygen atoms in total. The minimum absolute atomic E-state index is 0.250. The van der Waals surface area contributed by atoms with E-state index in [4.69, 9.17) is 10.4 Å². The molecule has 0 spiro atoms. The van der Waals surface area contributed by atoms with E-state index in [1.807, 2.05) is 0 Å². The summed E-state index contributed by atoms with van der Waals surface area (Å²) in [6.07, 6.45) is 7.96. The number of nitrogens with zero attached hydrogens (tertiary/aromatic N) is 2. The molecule has 2 atom stereocenters. The van der Waals surface area contributed by atoms with Gasteiger partial charge in [0.05, 0.1) is 6.54 Å². The van der Waals surface area contributed by atoms with E-state index in [2.05, 4.69) is 15.5 Å². The number of rotatable bonds is 3. The van der Waals surface area contributed by atoms with Crippen molar-refractivity contribution in [2.24, 2.45) is 11.8 Å². The molecule has 2 aliphatic rings. The fourth-order valence-corrected chi connectivity index (χ4v) is 3.69. The van der Waals surface area contributed by atoms with Gasteiger partial charge in [-0.1, -0.05) is 18.0 Å². The van der Waals surface area contributed by atoms with Crippen molar-refractivity contribution in [2.75, 3.05) is 6.54 Å². The third-order valence-corrected chi connectivity index (χ3v) is 4.64. The average Bonchev–Trinajstić information content (AvgIpc) is 2.95. The standard InChI is InChI=1S/C14H22N4O2/c15-16-14(19)12-8-11(20-17-12)9-18-7-3-5-10-4-1-2-6-13(10)18/h8,10,13H,1-7,9,15H2,(H,16,19)/t10-,13-/m1/s1. The van der Waals surface area contributed by atoms with Gasteiger partial charge in [-0.05, 0) is 38.1 Å². The van der Waals surface area contributed by atoms with Gasteiger partial charge in [-0.15, -0.1) is 0 Å². The van der Waals surface area contributed by atoms with Crippen LogP contribution in [-0.4, -0.2) is 28.6 Å². The number of fused-ring (bicyclic) bond motifs is 1. The maximum absolute atomic E-state index is 11.4. The Labute approximate surface area is 118 Å². The van der Waals surface area contributed by atoms with Gasteiger partial charge in [-0.2, -0.15) is 0 Å². The second-order valence-electron chi connectivity index (χ2n) is 5.88. The molecule has 1 aliphatic heterocycles. The smallest absolute Gasteiger partial charge is 0.287 e. The fraction of sp³-hybridized carbons (Fsp3) is 0.714. The number of likely N-dealkylation sites (tertiary alicyclic amines) is 1. The molecule has 0 radical (unpaired) electrons. The number of hydrazine groups is 1. The van der Waals surface area contributed by atoms with Crippen LogP contribution in [0.15, 0.2) is 10.6 Å². The highest BCUT2D eigenvalue weighted by molar-refractivity contribution is 5.91. The van der Waals surface area contributed by atoms with Crippen LogP contribution in [0.25, 0.3) is 0 Å². The van der Waals surface area contributed by atoms with Crippen molar-refractivity contribution < 1.29 is 9.32 Å². The minimum atomic E-state index is -0.408. The SMILES string of the molecule is NNC(=O)c1cc(CN2CCC[C@H]3CCCC[C@H]32)on1. The summed E-state index contributed by atoms with van der Waals surface area (Å²) < 4.78 is 5.26. The zero-order valence-electron chi connectivity index (χ0n) is 11.7. The first-order chi connectivity index (χ1) is 9.78. The number of nitrogens with one attached hydrogen (secondary N) is 1. The van der Waals surface area contributed by atoms with Gasteiger partial charge in [0.2, 0.25) is 0 Å². The lowest BCUT2D eigenvalue weighted by molar-refractivity contribution is 0.0479. The quantitative estimate of drug-likeness (QED) is 0.496. The molecule has 1 aliphatic carbocycles. The summed E-state index contributed by atoms with van der Waals surface area (Å²) in [6, 6.07) is 2.36. The van der Waals surface area contributed by atoms with Gasteiger partial charge in [0.15, 0.2) is 11.5 Å². The van der Waals surface area contributed by atoms with Crippen LogP contribution < -0.4 is 11.3 Å². The van der Waals surface area contributed by atoms with Gasteiger partial charge in [0.25, 0.3) is 5.91 Å². The van der Waals surface area contributed by atoms with Crippen molar-refractivity contribution in [1.29, 1.82) is 0 Å². The monoisotopic (exact) mass is 278 g/mol. The van der Waals surface area contributed by atoms with Crippen LogP contribution in [0.3, 0.4) is 0 Å². The molecule has 3 rings (SSSR count). The minimum Gasteiger partial charge on any atom is -0.359 e. The van der Waals surface area contributed by atoms with Crippen LogP contribution in [-0.2, 0) is 6.54 Å². The van der Waals surface area contributed by atoms with Crippen molar-refractivity contribution in [3.05, 3.63) is 17.5 Å². The Morgan fingerprint density at radius 2 is 2.20 bits per heavy atom. The number of amides is 1. The van der Waals surface area contributed by atoms with Crippen molar-refractivity contribution >= 4 is 5.91 Å². The van der Waals surface area contributed by atoms with E-state index in [0.29, 0.717) is 6.04 Å². The summed E-state index contributed by atoms with van der Waals surface area (Å²) in [6.45, 7) is 1.85. The molecule has 2 fully saturated rings. The van der Waals surface area contributed by atoms with E-state index in [1.165, 1.54) is 38.5 Å². The van der Waals surface area contributed by atoms with Crippen LogP contribution in [0.1, 0.15) is 54.8 Å². The van der Waals surface area contributed by atoms with Gasteiger partial charge in [-0.3, -0.25) is 15.1 Å². The van der Waals surface area contributed by atoms with Crippen molar-refractivity contribution in [1.82, 2.24) is 15.5 Å². The Kier molecular flexibility index (Phi) is 4.03. The third-order valence-electron chi connectivity index (χ3n) is 4.64. The zero-order valence-corrected chi connectivity index (χ0v) is 11.7. The lowest BCUT2D eigenvalue weighted by Crippen LogP contribution is -2.46. The zero-order chi connectivity index (χ0) is 13.9. The second kappa shape index (κ2) is 5.93. The lowest BCUT2D eigenvalue weighted by Gasteiger charge is -2.43. The predicted molar refractivity (Wildman–Crippen MR) is 73.5 cm³/mol. The normalized spacial score (nSPS) is 27.1. The fourth-order valence-electron chi connectivity index (χ4n) is 3.69. The Bertz CT molecular complexity index is 471. The Morgan fingerprint density at radius 1 is 1.40 bits per heavy atom. The molecule has 2 heterocycles. The molecule has 1 saturated carbocycles. The average molecular weight is 278 g/mol. The van der Waals surface area contributed by atoms with E-state index < -0.39 is 5.91 Å². The number of nitrogen functional groups attached to an aromatic ring is 1. The van der Waals surface area contributed by atoms with Crippen LogP contribution in [0.5, 0.6) is 0 Å². The molecule has 0 bridgehead atoms. The number of carbonyl (C=O) groups is 1. The van der Waals surface area contributed by atoms with Gasteiger partial charge < -0.3 is 4.52 Å². The first kappa shape index (κ1) is 13.6. The largest absolute Gasteiger partial charge is 0.359 e. The summed E-state index contributed by atoms with van der Waals surface area (Å²) in [5.74, 6) is 6.27. The number of hydrogen-bond donors (Lipinski definition) is 2. The van der Waals surface area contributed by atoms with E-state index in [0.717, 1.165) is 24.8 Å². The molecule has 3 N–H and O–H groups in total. The Hall–Kier alpha value is -1.40. The van der Waals surface area contributed by atoms with Crippen LogP contribution in [0.4, 0.5) is 0 Å². The van der Waals surface area contributed by atoms with E-state index in [9.17, 15) is 4.79 Å². The number of piperidine rings is 1. The summed E-state index contributed by atoms with van der Waals surface area (Å²) >= 11 is 0. The van der Waals surface area contributed by atoms with Gasteiger partial charge in [0.1, 0.15) is 0 Å². The maximum atomic E-state index is 11.4. The topological polar surface area (TPSA) is 84.4 Å². The molecule has 1 aromatic heterocycles. The highest BCUT2D eigenvalue weighted by Crippen LogP contribution is 2.35. The van der Waals surface area contributed by atoms with Crippen molar-refractivity contribution in [3.63, 3.8) is 0 Å². The number of hydrogen-bond acceptors (Lipinski definition) is 5. The molecule has 1 amide bonds. The first-order valence-corrected chi connectivity index (χ1v) is 7.48. The summed E-state index contributed by atoms with van der Waals surface area (Å²) in [5.41, 5.74) is 2.32. The Balaban J connectivity index is 1.67. The van der Waals surface area contributed by atoms with Crippen LogP contribution in [0.2, 0.25) is 0 Å². The lowest BCUT2D eigenvalue weighted by atomic mass is 9.78. The predicted octanol–water partition coefficient (Wildman–Crippen LogP) is 1.43. The van der Waals surface area contributed by atoms with E-state index in [1.54, 1.807) is 6.07 Å². The number of nitrogens with two attached hydrogens (primary N) is 1. The van der Waals surface area contributed by atoms with Gasteiger partial charge in [-0.25, -0.2) is 5.84 Å². The molecule has 6 heteroatoms. The van der Waals surface area contributed by atoms with E-state index in [-0.39, 0.29) is 5.69 Å². The molecule has 0 aromatic carbocycles. The summed E-state index contributed by atoms with van der Waals surface area (Å²) in [5, 5.41) is 3.76. The third kappa shape index (κ3) is 2.71. The highest BCUT2D eigenvalue weighted by Gasteiger charge is 2.33. The first-order valence-electron chi connectivity index (χ1n) is 7.48. The van der Waals surface area contributed by atoms with Crippen molar-refractivity contribution in [3.8, 4) is 0 Å². The van der Waals surface area contributed by atoms with E-state index >= 15 is 0 Å². The second-order valence-corrected chi connectivity index (χ2v) is 5.88. The number of carbonyl (C=O) groups excluding carboxylic acids is 1. The highest BCUT2D eigenvalue weighted by atomic mass is 16.5. The molecule has 1 aromatic rings. The summed E-state index contributed by atoms with van der Waals surface area (Å²) in [4.78, 5) is 13.9. The number of aromatic nitrogens is 1. The molecular weight excluding hydrogens is 256 g/mol. The maximum Gasteiger partial charge on any atom is 0.287 e. The summed E-state index contributed by atoms with van der Waals surface area (Å²) in [7, 11) is 0. The van der Waals surface area contributed by atoms with Crippen molar-refractivity contribution in [2.45, 2.75) is 51.1 Å². The van der Waals surface area contributed by atoms with Crippen LogP contribution in [0, 0.1) is 5.92 Å². The van der Waals surface area contributed by atoms with Crippen LogP contribution >= 0.6 is 0 Å². The molecular formula is C14H22N4O2. The van der Waals surface area contributed by atoms with Gasteiger partial charge >= 0.3 is 0 Å².